The van der Waals surface area contributed by atoms with Crippen molar-refractivity contribution < 1.29 is 13.9 Å². The van der Waals surface area contributed by atoms with Gasteiger partial charge in [-0.15, -0.1) is 0 Å². The Morgan fingerprint density at radius 1 is 1.56 bits per heavy atom. The number of hydrogen-bond acceptors (Lipinski definition) is 4. The molecule has 1 aliphatic heterocycles. The highest BCUT2D eigenvalue weighted by atomic mass is 19.1. The third-order valence-corrected chi connectivity index (χ3v) is 3.25. The summed E-state index contributed by atoms with van der Waals surface area (Å²) in [6.07, 6.45) is -0.139. The smallest absolute Gasteiger partial charge is 0.123 e. The minimum absolute atomic E-state index is 0.139. The Hall–Kier alpha value is -1.17. The first-order valence-electron chi connectivity index (χ1n) is 6.01. The maximum Gasteiger partial charge on any atom is 0.123 e. The van der Waals surface area contributed by atoms with Gasteiger partial charge in [-0.25, -0.2) is 4.39 Å². The Bertz CT molecular complexity index is 414. The van der Waals surface area contributed by atoms with Crippen LogP contribution >= 0.6 is 0 Å². The van der Waals surface area contributed by atoms with Crippen LogP contribution in [0.15, 0.2) is 18.2 Å². The van der Waals surface area contributed by atoms with Crippen molar-refractivity contribution in [1.82, 2.24) is 4.90 Å². The molecule has 2 rings (SSSR count). The minimum atomic E-state index is -0.390. The van der Waals surface area contributed by atoms with Crippen LogP contribution in [0.2, 0.25) is 0 Å². The monoisotopic (exact) mass is 254 g/mol. The molecule has 1 saturated heterocycles. The van der Waals surface area contributed by atoms with Gasteiger partial charge in [0.15, 0.2) is 0 Å². The number of ether oxygens (including phenoxy) is 2. The van der Waals surface area contributed by atoms with Crippen LogP contribution in [0.1, 0.15) is 11.6 Å². The summed E-state index contributed by atoms with van der Waals surface area (Å²) in [6.45, 7) is 2.27. The second kappa shape index (κ2) is 5.65. The van der Waals surface area contributed by atoms with Crippen molar-refractivity contribution in [2.75, 3.05) is 33.9 Å². The van der Waals surface area contributed by atoms with E-state index in [-0.39, 0.29) is 11.9 Å². The Morgan fingerprint density at radius 2 is 2.33 bits per heavy atom. The zero-order chi connectivity index (χ0) is 13.1. The molecule has 0 amide bonds. The largest absolute Gasteiger partial charge is 0.496 e. The van der Waals surface area contributed by atoms with E-state index in [1.54, 1.807) is 13.2 Å². The van der Waals surface area contributed by atoms with Crippen molar-refractivity contribution in [1.29, 1.82) is 0 Å². The van der Waals surface area contributed by atoms with Gasteiger partial charge in [-0.05, 0) is 25.2 Å². The molecule has 0 spiro atoms. The van der Waals surface area contributed by atoms with E-state index in [9.17, 15) is 4.39 Å². The average Bonchev–Trinajstić information content (AvgIpc) is 2.38. The Labute approximate surface area is 106 Å². The number of methoxy groups -OCH3 is 1. The molecule has 0 aromatic heterocycles. The lowest BCUT2D eigenvalue weighted by Crippen LogP contribution is -2.45. The van der Waals surface area contributed by atoms with E-state index >= 15 is 0 Å². The van der Waals surface area contributed by atoms with Gasteiger partial charge in [-0.2, -0.15) is 0 Å². The van der Waals surface area contributed by atoms with Crippen molar-refractivity contribution in [2.45, 2.75) is 12.1 Å². The first-order chi connectivity index (χ1) is 8.61. The standard InChI is InChI=1S/C13H19FN2O2/c1-16-5-6-18-12(8-16)13(15)10-7-9(14)3-4-11(10)17-2/h3-4,7,12-13H,5-6,8,15H2,1-2H3. The van der Waals surface area contributed by atoms with Crippen LogP contribution in [0.5, 0.6) is 5.75 Å². The second-order valence-electron chi connectivity index (χ2n) is 4.58. The number of likely N-dealkylation sites (N-methyl/N-ethyl adjacent to an activating group) is 1. The number of nitrogens with zero attached hydrogens (tertiary/aromatic N) is 1. The fraction of sp³-hybridized carbons (Fsp3) is 0.538. The SMILES string of the molecule is COc1ccc(F)cc1C(N)C1CN(C)CCO1. The van der Waals surface area contributed by atoms with E-state index in [1.807, 2.05) is 7.05 Å². The number of hydrogen-bond donors (Lipinski definition) is 1. The minimum Gasteiger partial charge on any atom is -0.496 e. The fourth-order valence-electron chi connectivity index (χ4n) is 2.19. The van der Waals surface area contributed by atoms with Crippen LogP contribution in [0.3, 0.4) is 0 Å². The van der Waals surface area contributed by atoms with Gasteiger partial charge in [0.1, 0.15) is 11.6 Å². The molecule has 1 heterocycles. The van der Waals surface area contributed by atoms with Crippen molar-refractivity contribution in [3.63, 3.8) is 0 Å². The molecule has 2 N–H and O–H groups in total. The molecule has 0 radical (unpaired) electrons. The lowest BCUT2D eigenvalue weighted by Gasteiger charge is -2.34. The van der Waals surface area contributed by atoms with Crippen molar-refractivity contribution in [2.24, 2.45) is 5.73 Å². The fourth-order valence-corrected chi connectivity index (χ4v) is 2.19. The van der Waals surface area contributed by atoms with E-state index in [4.69, 9.17) is 15.2 Å². The molecule has 2 atom stereocenters. The predicted molar refractivity (Wildman–Crippen MR) is 67.1 cm³/mol. The van der Waals surface area contributed by atoms with E-state index < -0.39 is 6.04 Å². The quantitative estimate of drug-likeness (QED) is 0.879. The highest BCUT2D eigenvalue weighted by Gasteiger charge is 2.27. The first-order valence-corrected chi connectivity index (χ1v) is 6.01. The maximum atomic E-state index is 13.3. The summed E-state index contributed by atoms with van der Waals surface area (Å²) in [5.74, 6) is 0.283. The van der Waals surface area contributed by atoms with Gasteiger partial charge < -0.3 is 20.1 Å². The van der Waals surface area contributed by atoms with Gasteiger partial charge in [-0.1, -0.05) is 0 Å². The highest BCUT2D eigenvalue weighted by molar-refractivity contribution is 5.37. The molecule has 2 unspecified atom stereocenters. The normalized spacial score (nSPS) is 22.8. The molecule has 4 nitrogen and oxygen atoms in total. The Kier molecular flexibility index (Phi) is 4.16. The number of nitrogens with two attached hydrogens (primary N) is 1. The molecule has 5 heteroatoms. The first kappa shape index (κ1) is 13.3. The molecule has 18 heavy (non-hydrogen) atoms. The Balaban J connectivity index is 2.21. The molecule has 1 aromatic carbocycles. The third kappa shape index (κ3) is 2.80. The summed E-state index contributed by atoms with van der Waals surface area (Å²) >= 11 is 0. The number of benzene rings is 1. The number of rotatable bonds is 3. The van der Waals surface area contributed by atoms with Crippen LogP contribution in [0, 0.1) is 5.82 Å². The van der Waals surface area contributed by atoms with Crippen LogP contribution in [-0.4, -0.2) is 44.9 Å². The van der Waals surface area contributed by atoms with Crippen LogP contribution in [0.25, 0.3) is 0 Å². The van der Waals surface area contributed by atoms with Crippen molar-refractivity contribution in [3.05, 3.63) is 29.6 Å². The van der Waals surface area contributed by atoms with Gasteiger partial charge in [0, 0.05) is 18.7 Å². The van der Waals surface area contributed by atoms with Crippen LogP contribution in [-0.2, 0) is 4.74 Å². The van der Waals surface area contributed by atoms with Gasteiger partial charge in [-0.3, -0.25) is 0 Å². The summed E-state index contributed by atoms with van der Waals surface area (Å²) in [5.41, 5.74) is 6.83. The number of morpholine rings is 1. The van der Waals surface area contributed by atoms with Crippen molar-refractivity contribution in [3.8, 4) is 5.75 Å². The summed E-state index contributed by atoms with van der Waals surface area (Å²) < 4.78 is 24.2. The van der Waals surface area contributed by atoms with Crippen molar-refractivity contribution >= 4 is 0 Å². The summed E-state index contributed by atoms with van der Waals surface area (Å²) in [4.78, 5) is 2.15. The molecule has 1 fully saturated rings. The van der Waals surface area contributed by atoms with Gasteiger partial charge in [0.25, 0.3) is 0 Å². The topological polar surface area (TPSA) is 47.7 Å². The van der Waals surface area contributed by atoms with E-state index in [0.717, 1.165) is 13.1 Å². The maximum absolute atomic E-state index is 13.3. The molecule has 0 saturated carbocycles. The Morgan fingerprint density at radius 3 is 3.00 bits per heavy atom. The lowest BCUT2D eigenvalue weighted by molar-refractivity contribution is -0.0329. The van der Waals surface area contributed by atoms with Gasteiger partial charge in [0.2, 0.25) is 0 Å². The molecule has 0 bridgehead atoms. The van der Waals surface area contributed by atoms with Crippen LogP contribution in [0.4, 0.5) is 4.39 Å². The van der Waals surface area contributed by atoms with E-state index in [0.29, 0.717) is 17.9 Å². The average molecular weight is 254 g/mol. The predicted octanol–water partition coefficient (Wildman–Crippen LogP) is 1.16. The van der Waals surface area contributed by atoms with E-state index in [2.05, 4.69) is 4.90 Å². The third-order valence-electron chi connectivity index (χ3n) is 3.25. The molecule has 100 valence electrons. The molecule has 0 aliphatic carbocycles. The summed E-state index contributed by atoms with van der Waals surface area (Å²) in [5, 5.41) is 0. The van der Waals surface area contributed by atoms with Gasteiger partial charge in [0.05, 0.1) is 25.9 Å². The zero-order valence-electron chi connectivity index (χ0n) is 10.7. The summed E-state index contributed by atoms with van der Waals surface area (Å²) in [6, 6.07) is 3.99. The highest BCUT2D eigenvalue weighted by Crippen LogP contribution is 2.28. The van der Waals surface area contributed by atoms with E-state index in [1.165, 1.54) is 12.1 Å². The molecule has 1 aromatic rings. The molecule has 1 aliphatic rings. The van der Waals surface area contributed by atoms with Gasteiger partial charge >= 0.3 is 0 Å². The molecular formula is C13H19FN2O2. The second-order valence-corrected chi connectivity index (χ2v) is 4.58. The number of halogens is 1. The lowest BCUT2D eigenvalue weighted by atomic mass is 10.00. The van der Waals surface area contributed by atoms with Crippen LogP contribution < -0.4 is 10.5 Å². The zero-order valence-corrected chi connectivity index (χ0v) is 10.7. The summed E-state index contributed by atoms with van der Waals surface area (Å²) in [7, 11) is 3.57. The molecular weight excluding hydrogens is 235 g/mol.